The fraction of sp³-hybridized carbons (Fsp3) is 0.240. The van der Waals surface area contributed by atoms with E-state index in [2.05, 4.69) is 24.4 Å². The highest BCUT2D eigenvalue weighted by atomic mass is 32.2. The molecule has 2 heterocycles. The number of aromatic nitrogens is 2. The second-order valence-corrected chi connectivity index (χ2v) is 10.1. The zero-order valence-electron chi connectivity index (χ0n) is 18.2. The number of carbonyl (C=O) groups excluding carboxylic acids is 1. The molecule has 0 aliphatic heterocycles. The third kappa shape index (κ3) is 4.79. The number of rotatable bonds is 7. The van der Waals surface area contributed by atoms with Crippen LogP contribution >= 0.6 is 23.1 Å². The lowest BCUT2D eigenvalue weighted by Crippen LogP contribution is -2.34. The van der Waals surface area contributed by atoms with Gasteiger partial charge in [0.2, 0.25) is 5.91 Å². The molecule has 32 heavy (non-hydrogen) atoms. The molecule has 0 radical (unpaired) electrons. The highest BCUT2D eigenvalue weighted by molar-refractivity contribution is 8.00. The molecule has 7 heteroatoms. The number of nitrogens with one attached hydrogen (secondary N) is 1. The first-order valence-corrected chi connectivity index (χ1v) is 12.2. The molecule has 2 aromatic heterocycles. The Bertz CT molecular complexity index is 1280. The summed E-state index contributed by atoms with van der Waals surface area (Å²) in [6.07, 6.45) is 0. The van der Waals surface area contributed by atoms with Crippen LogP contribution in [0.25, 0.3) is 20.7 Å². The summed E-state index contributed by atoms with van der Waals surface area (Å²) in [4.78, 5) is 32.0. The van der Waals surface area contributed by atoms with Crippen molar-refractivity contribution in [3.05, 3.63) is 82.6 Å². The number of thioether (sulfide) groups is 1. The molecule has 2 atom stereocenters. The predicted molar refractivity (Wildman–Crippen MR) is 133 cm³/mol. The van der Waals surface area contributed by atoms with Crippen LogP contribution in [0.4, 0.5) is 0 Å². The van der Waals surface area contributed by atoms with Gasteiger partial charge in [-0.05, 0) is 30.0 Å². The van der Waals surface area contributed by atoms with Crippen molar-refractivity contribution in [1.29, 1.82) is 0 Å². The molecule has 0 aliphatic carbocycles. The fourth-order valence-corrected chi connectivity index (χ4v) is 5.38. The van der Waals surface area contributed by atoms with Crippen molar-refractivity contribution in [2.75, 3.05) is 6.54 Å². The van der Waals surface area contributed by atoms with Gasteiger partial charge in [0.1, 0.15) is 4.83 Å². The number of hydrogen-bond donors (Lipinski definition) is 1. The molecular formula is C25H25N3O2S2. The van der Waals surface area contributed by atoms with Crippen molar-refractivity contribution >= 4 is 39.2 Å². The predicted octanol–water partition coefficient (Wildman–Crippen LogP) is 5.06. The van der Waals surface area contributed by atoms with Gasteiger partial charge in [0, 0.05) is 18.5 Å². The van der Waals surface area contributed by atoms with Crippen molar-refractivity contribution < 1.29 is 4.79 Å². The van der Waals surface area contributed by atoms with Gasteiger partial charge < -0.3 is 5.32 Å². The van der Waals surface area contributed by atoms with E-state index in [0.29, 0.717) is 21.9 Å². The minimum absolute atomic E-state index is 0.0664. The van der Waals surface area contributed by atoms with Crippen LogP contribution in [0.5, 0.6) is 0 Å². The van der Waals surface area contributed by atoms with Gasteiger partial charge in [-0.1, -0.05) is 79.3 Å². The number of nitrogens with zero attached hydrogens (tertiary/aromatic N) is 2. The zero-order valence-corrected chi connectivity index (χ0v) is 19.9. The average Bonchev–Trinajstić information content (AvgIpc) is 3.26. The van der Waals surface area contributed by atoms with Crippen LogP contribution in [0.1, 0.15) is 25.3 Å². The molecule has 0 spiro atoms. The van der Waals surface area contributed by atoms with Gasteiger partial charge in [-0.3, -0.25) is 14.2 Å². The van der Waals surface area contributed by atoms with Crippen LogP contribution in [-0.2, 0) is 11.8 Å². The summed E-state index contributed by atoms with van der Waals surface area (Å²) in [5.41, 5.74) is 2.16. The number of hydrogen-bond acceptors (Lipinski definition) is 5. The maximum absolute atomic E-state index is 12.9. The Kier molecular flexibility index (Phi) is 6.77. The lowest BCUT2D eigenvalue weighted by atomic mass is 10.0. The molecule has 0 fully saturated rings. The topological polar surface area (TPSA) is 64.0 Å². The summed E-state index contributed by atoms with van der Waals surface area (Å²) in [5.74, 6) is 0.155. The van der Waals surface area contributed by atoms with Crippen molar-refractivity contribution in [3.63, 3.8) is 0 Å². The molecule has 5 nitrogen and oxygen atoms in total. The SMILES string of the molecule is CC(Sc1nc2sc(-c3ccccc3)cc2c(=O)n1C)C(=O)NCC(C)c1ccccc1. The summed E-state index contributed by atoms with van der Waals surface area (Å²) in [5, 5.41) is 3.80. The van der Waals surface area contributed by atoms with E-state index in [1.165, 1.54) is 33.2 Å². The third-order valence-electron chi connectivity index (χ3n) is 5.39. The zero-order chi connectivity index (χ0) is 22.7. The highest BCUT2D eigenvalue weighted by Crippen LogP contribution is 2.32. The fourth-order valence-electron chi connectivity index (χ4n) is 3.41. The number of thiophene rings is 1. The van der Waals surface area contributed by atoms with Gasteiger partial charge in [0.15, 0.2) is 5.16 Å². The molecule has 164 valence electrons. The Morgan fingerprint density at radius 3 is 2.44 bits per heavy atom. The summed E-state index contributed by atoms with van der Waals surface area (Å²) in [7, 11) is 1.71. The molecule has 2 unspecified atom stereocenters. The molecular weight excluding hydrogens is 438 g/mol. The molecule has 4 aromatic rings. The van der Waals surface area contributed by atoms with Crippen molar-refractivity contribution in [2.24, 2.45) is 7.05 Å². The van der Waals surface area contributed by atoms with Crippen LogP contribution in [0, 0.1) is 0 Å². The molecule has 1 amide bonds. The Morgan fingerprint density at radius 2 is 1.75 bits per heavy atom. The molecule has 0 saturated heterocycles. The van der Waals surface area contributed by atoms with Gasteiger partial charge >= 0.3 is 0 Å². The van der Waals surface area contributed by atoms with E-state index in [1.54, 1.807) is 7.05 Å². The van der Waals surface area contributed by atoms with E-state index in [9.17, 15) is 9.59 Å². The van der Waals surface area contributed by atoms with Crippen LogP contribution in [0.2, 0.25) is 0 Å². The van der Waals surface area contributed by atoms with Crippen molar-refractivity contribution in [2.45, 2.75) is 30.2 Å². The van der Waals surface area contributed by atoms with E-state index in [1.807, 2.05) is 61.5 Å². The van der Waals surface area contributed by atoms with Gasteiger partial charge in [-0.25, -0.2) is 4.98 Å². The van der Waals surface area contributed by atoms with E-state index in [-0.39, 0.29) is 22.6 Å². The smallest absolute Gasteiger partial charge is 0.262 e. The Labute approximate surface area is 195 Å². The number of benzene rings is 2. The van der Waals surface area contributed by atoms with Crippen LogP contribution in [0.3, 0.4) is 0 Å². The van der Waals surface area contributed by atoms with E-state index in [4.69, 9.17) is 4.98 Å². The van der Waals surface area contributed by atoms with Gasteiger partial charge in [0.05, 0.1) is 10.6 Å². The Hall–Kier alpha value is -2.90. The second kappa shape index (κ2) is 9.71. The largest absolute Gasteiger partial charge is 0.355 e. The number of amides is 1. The lowest BCUT2D eigenvalue weighted by Gasteiger charge is -2.16. The number of fused-ring (bicyclic) bond motifs is 1. The van der Waals surface area contributed by atoms with E-state index >= 15 is 0 Å². The Morgan fingerprint density at radius 1 is 1.09 bits per heavy atom. The van der Waals surface area contributed by atoms with Crippen LogP contribution in [-0.4, -0.2) is 27.3 Å². The summed E-state index contributed by atoms with van der Waals surface area (Å²) >= 11 is 2.80. The lowest BCUT2D eigenvalue weighted by molar-refractivity contribution is -0.120. The van der Waals surface area contributed by atoms with E-state index < -0.39 is 0 Å². The summed E-state index contributed by atoms with van der Waals surface area (Å²) < 4.78 is 1.53. The first kappa shape index (κ1) is 22.3. The molecule has 0 aliphatic rings. The number of carbonyl (C=O) groups is 1. The third-order valence-corrected chi connectivity index (χ3v) is 7.61. The normalized spacial score (nSPS) is 13.1. The van der Waals surface area contributed by atoms with Crippen LogP contribution < -0.4 is 10.9 Å². The summed E-state index contributed by atoms with van der Waals surface area (Å²) in [6, 6.07) is 22.0. The molecule has 2 aromatic carbocycles. The standard InChI is InChI=1S/C25H25N3O2S2/c1-16(18-10-6-4-7-11-18)15-26-22(29)17(2)31-25-27-23-20(24(30)28(25)3)14-21(32-23)19-12-8-5-9-13-19/h4-14,16-17H,15H2,1-3H3,(H,26,29). The maximum atomic E-state index is 12.9. The van der Waals surface area contributed by atoms with Gasteiger partial charge in [-0.15, -0.1) is 11.3 Å². The van der Waals surface area contributed by atoms with E-state index in [0.717, 1.165) is 10.4 Å². The van der Waals surface area contributed by atoms with Crippen molar-refractivity contribution in [3.8, 4) is 10.4 Å². The first-order chi connectivity index (χ1) is 15.4. The first-order valence-electron chi connectivity index (χ1n) is 10.5. The van der Waals surface area contributed by atoms with Gasteiger partial charge in [0.25, 0.3) is 5.56 Å². The van der Waals surface area contributed by atoms with Crippen LogP contribution in [0.15, 0.2) is 76.7 Å². The maximum Gasteiger partial charge on any atom is 0.262 e. The summed E-state index contributed by atoms with van der Waals surface area (Å²) in [6.45, 7) is 4.49. The molecule has 0 saturated carbocycles. The Balaban J connectivity index is 1.48. The minimum atomic E-state index is -0.373. The molecule has 1 N–H and O–H groups in total. The van der Waals surface area contributed by atoms with Crippen molar-refractivity contribution in [1.82, 2.24) is 14.9 Å². The van der Waals surface area contributed by atoms with Gasteiger partial charge in [-0.2, -0.15) is 0 Å². The molecule has 0 bridgehead atoms. The monoisotopic (exact) mass is 463 g/mol. The molecule has 4 rings (SSSR count). The average molecular weight is 464 g/mol. The minimum Gasteiger partial charge on any atom is -0.355 e. The highest BCUT2D eigenvalue weighted by Gasteiger charge is 2.20. The second-order valence-electron chi connectivity index (χ2n) is 7.77. The quantitative estimate of drug-likeness (QED) is 0.307.